The van der Waals surface area contributed by atoms with Gasteiger partial charge >= 0.3 is 0 Å². The molecule has 0 atom stereocenters. The van der Waals surface area contributed by atoms with E-state index in [1.54, 1.807) is 18.2 Å². The third-order valence-corrected chi connectivity index (χ3v) is 2.71. The number of phenolic OH excluding ortho intramolecular Hbond substituents is 2. The van der Waals surface area contributed by atoms with Crippen molar-refractivity contribution in [2.75, 3.05) is 18.2 Å². The normalized spacial score (nSPS) is 10.1. The Hall–Kier alpha value is -2.89. The van der Waals surface area contributed by atoms with Crippen LogP contribution < -0.4 is 15.8 Å². The molecular weight excluding hydrogens is 260 g/mol. The van der Waals surface area contributed by atoms with Gasteiger partial charge in [0.05, 0.1) is 12.8 Å². The number of nitrogen functional groups attached to an aromatic ring is 1. The lowest BCUT2D eigenvalue weighted by Crippen LogP contribution is -2.12. The number of anilines is 2. The van der Waals surface area contributed by atoms with E-state index in [9.17, 15) is 15.0 Å². The summed E-state index contributed by atoms with van der Waals surface area (Å²) in [5.74, 6) is -0.639. The first-order valence-corrected chi connectivity index (χ1v) is 5.78. The molecule has 2 aromatic rings. The summed E-state index contributed by atoms with van der Waals surface area (Å²) < 4.78 is 5.12. The van der Waals surface area contributed by atoms with E-state index in [4.69, 9.17) is 10.5 Å². The van der Waals surface area contributed by atoms with Crippen LogP contribution in [-0.4, -0.2) is 23.2 Å². The zero-order valence-corrected chi connectivity index (χ0v) is 10.8. The number of hydrogen-bond donors (Lipinski definition) is 4. The van der Waals surface area contributed by atoms with Crippen molar-refractivity contribution < 1.29 is 19.7 Å². The van der Waals surface area contributed by atoms with Crippen LogP contribution in [0.5, 0.6) is 17.2 Å². The van der Waals surface area contributed by atoms with Gasteiger partial charge in [0.1, 0.15) is 5.75 Å². The second kappa shape index (κ2) is 5.40. The largest absolute Gasteiger partial charge is 0.504 e. The van der Waals surface area contributed by atoms with Crippen molar-refractivity contribution in [2.24, 2.45) is 0 Å². The molecular formula is C14H14N2O4. The molecule has 104 valence electrons. The second-order valence-corrected chi connectivity index (χ2v) is 4.12. The zero-order valence-electron chi connectivity index (χ0n) is 10.8. The minimum Gasteiger partial charge on any atom is -0.504 e. The summed E-state index contributed by atoms with van der Waals surface area (Å²) in [6.45, 7) is 0. The Morgan fingerprint density at radius 3 is 2.55 bits per heavy atom. The number of hydrogen-bond acceptors (Lipinski definition) is 5. The van der Waals surface area contributed by atoms with Gasteiger partial charge in [-0.3, -0.25) is 4.79 Å². The lowest BCUT2D eigenvalue weighted by Gasteiger charge is -2.11. The SMILES string of the molecule is COc1ccc(N)cc1NC(=O)c1ccc(O)c(O)c1. The number of carbonyl (C=O) groups is 1. The quantitative estimate of drug-likeness (QED) is 0.505. The minimum atomic E-state index is -0.454. The summed E-state index contributed by atoms with van der Waals surface area (Å²) in [6, 6.07) is 8.66. The third kappa shape index (κ3) is 2.74. The van der Waals surface area contributed by atoms with E-state index in [-0.39, 0.29) is 17.1 Å². The van der Waals surface area contributed by atoms with E-state index < -0.39 is 5.91 Å². The van der Waals surface area contributed by atoms with Crippen LogP contribution in [0, 0.1) is 0 Å². The number of phenols is 2. The highest BCUT2D eigenvalue weighted by Crippen LogP contribution is 2.28. The molecule has 0 aliphatic heterocycles. The van der Waals surface area contributed by atoms with Gasteiger partial charge in [-0.15, -0.1) is 0 Å². The molecule has 20 heavy (non-hydrogen) atoms. The molecule has 0 bridgehead atoms. The van der Waals surface area contributed by atoms with Crippen LogP contribution in [0.2, 0.25) is 0 Å². The van der Waals surface area contributed by atoms with Crippen LogP contribution in [-0.2, 0) is 0 Å². The van der Waals surface area contributed by atoms with Crippen molar-refractivity contribution in [1.82, 2.24) is 0 Å². The molecule has 0 fully saturated rings. The Morgan fingerprint density at radius 2 is 1.90 bits per heavy atom. The van der Waals surface area contributed by atoms with E-state index in [1.165, 1.54) is 25.3 Å². The van der Waals surface area contributed by atoms with Crippen molar-refractivity contribution in [2.45, 2.75) is 0 Å². The average molecular weight is 274 g/mol. The maximum absolute atomic E-state index is 12.1. The monoisotopic (exact) mass is 274 g/mol. The van der Waals surface area contributed by atoms with Crippen LogP contribution in [0.3, 0.4) is 0 Å². The molecule has 0 saturated carbocycles. The first kappa shape index (κ1) is 13.5. The molecule has 0 saturated heterocycles. The van der Waals surface area contributed by atoms with Gasteiger partial charge in [-0.25, -0.2) is 0 Å². The summed E-state index contributed by atoms with van der Waals surface area (Å²) in [5, 5.41) is 21.2. The van der Waals surface area contributed by atoms with Crippen molar-refractivity contribution in [3.05, 3.63) is 42.0 Å². The minimum absolute atomic E-state index is 0.199. The molecule has 2 aromatic carbocycles. The van der Waals surface area contributed by atoms with Gasteiger partial charge in [0.15, 0.2) is 11.5 Å². The van der Waals surface area contributed by atoms with Gasteiger partial charge in [0.2, 0.25) is 0 Å². The summed E-state index contributed by atoms with van der Waals surface area (Å²) in [7, 11) is 1.48. The molecule has 0 aromatic heterocycles. The highest BCUT2D eigenvalue weighted by molar-refractivity contribution is 6.05. The van der Waals surface area contributed by atoms with Crippen molar-refractivity contribution >= 4 is 17.3 Å². The molecule has 0 heterocycles. The molecule has 0 aliphatic carbocycles. The maximum Gasteiger partial charge on any atom is 0.255 e. The molecule has 6 nitrogen and oxygen atoms in total. The summed E-state index contributed by atoms with van der Waals surface area (Å²) in [4.78, 5) is 12.1. The highest BCUT2D eigenvalue weighted by Gasteiger charge is 2.12. The van der Waals surface area contributed by atoms with Gasteiger partial charge in [-0.05, 0) is 36.4 Å². The van der Waals surface area contributed by atoms with Crippen LogP contribution in [0.4, 0.5) is 11.4 Å². The van der Waals surface area contributed by atoms with Gasteiger partial charge in [0.25, 0.3) is 5.91 Å². The molecule has 0 radical (unpaired) electrons. The van der Waals surface area contributed by atoms with Gasteiger partial charge in [0, 0.05) is 11.3 Å². The van der Waals surface area contributed by atoms with Crippen molar-refractivity contribution in [3.63, 3.8) is 0 Å². The second-order valence-electron chi connectivity index (χ2n) is 4.12. The summed E-state index contributed by atoms with van der Waals surface area (Å²) in [5.41, 5.74) is 6.76. The fraction of sp³-hybridized carbons (Fsp3) is 0.0714. The predicted molar refractivity (Wildman–Crippen MR) is 75.1 cm³/mol. The molecule has 5 N–H and O–H groups in total. The standard InChI is InChI=1S/C14H14N2O4/c1-20-13-5-3-9(15)7-10(13)16-14(19)8-2-4-11(17)12(18)6-8/h2-7,17-18H,15H2,1H3,(H,16,19). The topological polar surface area (TPSA) is 105 Å². The number of carbonyl (C=O) groups excluding carboxylic acids is 1. The van der Waals surface area contributed by atoms with E-state index in [0.717, 1.165) is 0 Å². The summed E-state index contributed by atoms with van der Waals surface area (Å²) in [6.07, 6.45) is 0. The smallest absolute Gasteiger partial charge is 0.255 e. The summed E-state index contributed by atoms with van der Waals surface area (Å²) >= 11 is 0. The number of nitrogens with two attached hydrogens (primary N) is 1. The molecule has 6 heteroatoms. The first-order chi connectivity index (χ1) is 9.51. The van der Waals surface area contributed by atoms with Gasteiger partial charge < -0.3 is 26.0 Å². The Morgan fingerprint density at radius 1 is 1.15 bits per heavy atom. The number of ether oxygens (including phenoxy) is 1. The lowest BCUT2D eigenvalue weighted by molar-refractivity contribution is 0.102. The number of amides is 1. The first-order valence-electron chi connectivity index (χ1n) is 5.78. The highest BCUT2D eigenvalue weighted by atomic mass is 16.5. The van der Waals surface area contributed by atoms with Crippen molar-refractivity contribution in [3.8, 4) is 17.2 Å². The Balaban J connectivity index is 2.27. The fourth-order valence-electron chi connectivity index (χ4n) is 1.68. The molecule has 0 spiro atoms. The van der Waals surface area contributed by atoms with E-state index in [0.29, 0.717) is 17.1 Å². The van der Waals surface area contributed by atoms with Crippen LogP contribution in [0.25, 0.3) is 0 Å². The number of rotatable bonds is 3. The number of methoxy groups -OCH3 is 1. The van der Waals surface area contributed by atoms with Crippen LogP contribution in [0.15, 0.2) is 36.4 Å². The molecule has 2 rings (SSSR count). The predicted octanol–water partition coefficient (Wildman–Crippen LogP) is 1.94. The number of nitrogens with one attached hydrogen (secondary N) is 1. The van der Waals surface area contributed by atoms with E-state index in [1.807, 2.05) is 0 Å². The third-order valence-electron chi connectivity index (χ3n) is 2.71. The fourth-order valence-corrected chi connectivity index (χ4v) is 1.68. The van der Waals surface area contributed by atoms with E-state index >= 15 is 0 Å². The Kier molecular flexibility index (Phi) is 3.65. The number of aromatic hydroxyl groups is 2. The Labute approximate surface area is 115 Å². The average Bonchev–Trinajstić information content (AvgIpc) is 2.42. The van der Waals surface area contributed by atoms with Gasteiger partial charge in [-0.2, -0.15) is 0 Å². The Bertz CT molecular complexity index is 656. The van der Waals surface area contributed by atoms with Crippen molar-refractivity contribution in [1.29, 1.82) is 0 Å². The zero-order chi connectivity index (χ0) is 14.7. The molecule has 1 amide bonds. The van der Waals surface area contributed by atoms with Crippen LogP contribution in [0.1, 0.15) is 10.4 Å². The lowest BCUT2D eigenvalue weighted by atomic mass is 10.1. The van der Waals surface area contributed by atoms with Gasteiger partial charge in [-0.1, -0.05) is 0 Å². The van der Waals surface area contributed by atoms with E-state index in [2.05, 4.69) is 5.32 Å². The van der Waals surface area contributed by atoms with Crippen LogP contribution >= 0.6 is 0 Å². The molecule has 0 aliphatic rings. The number of benzene rings is 2. The molecule has 0 unspecified atom stereocenters. The maximum atomic E-state index is 12.1.